The van der Waals surface area contributed by atoms with Crippen molar-refractivity contribution in [3.05, 3.63) is 0 Å². The number of carbonyl (C=O) groups excluding carboxylic acids is 1. The molecule has 0 aromatic heterocycles. The van der Waals surface area contributed by atoms with Crippen LogP contribution in [-0.2, 0) is 9.59 Å². The Hall–Kier alpha value is -1.06. The van der Waals surface area contributed by atoms with Crippen molar-refractivity contribution in [2.45, 2.75) is 58.4 Å². The fourth-order valence-corrected chi connectivity index (χ4v) is 1.76. The van der Waals surface area contributed by atoms with Crippen LogP contribution in [0.1, 0.15) is 52.9 Å². The van der Waals surface area contributed by atoms with Crippen molar-refractivity contribution in [1.29, 1.82) is 0 Å². The lowest BCUT2D eigenvalue weighted by Gasteiger charge is -2.32. The van der Waals surface area contributed by atoms with Gasteiger partial charge in [0.1, 0.15) is 0 Å². The minimum Gasteiger partial charge on any atom is -0.481 e. The average Bonchev–Trinajstić information content (AvgIpc) is 2.12. The summed E-state index contributed by atoms with van der Waals surface area (Å²) in [5, 5.41) is 11.6. The second-order valence-electron chi connectivity index (χ2n) is 3.99. The maximum absolute atomic E-state index is 11.1. The first-order valence-electron chi connectivity index (χ1n) is 5.46. The molecular weight excluding hydrogens is 194 g/mol. The SMILES string of the molecule is CCCCC(CC)(CC(=O)O)NC(C)=O. The van der Waals surface area contributed by atoms with E-state index in [0.717, 1.165) is 19.3 Å². The van der Waals surface area contributed by atoms with Crippen LogP contribution in [0.25, 0.3) is 0 Å². The Kier molecular flexibility index (Phi) is 5.97. The Bertz CT molecular complexity index is 210. The van der Waals surface area contributed by atoms with Crippen molar-refractivity contribution in [1.82, 2.24) is 5.32 Å². The molecule has 0 heterocycles. The third-order valence-electron chi connectivity index (χ3n) is 2.62. The molecule has 0 aliphatic rings. The van der Waals surface area contributed by atoms with Crippen molar-refractivity contribution in [2.24, 2.45) is 0 Å². The maximum atomic E-state index is 11.1. The molecule has 4 heteroatoms. The number of nitrogens with one attached hydrogen (secondary N) is 1. The highest BCUT2D eigenvalue weighted by Gasteiger charge is 2.31. The molecule has 1 amide bonds. The van der Waals surface area contributed by atoms with E-state index in [4.69, 9.17) is 5.11 Å². The second-order valence-corrected chi connectivity index (χ2v) is 3.99. The van der Waals surface area contributed by atoms with Crippen LogP contribution in [0.5, 0.6) is 0 Å². The Morgan fingerprint density at radius 2 is 1.93 bits per heavy atom. The molecule has 0 fully saturated rings. The van der Waals surface area contributed by atoms with Crippen molar-refractivity contribution in [3.63, 3.8) is 0 Å². The number of unbranched alkanes of at least 4 members (excludes halogenated alkanes) is 1. The van der Waals surface area contributed by atoms with Gasteiger partial charge < -0.3 is 10.4 Å². The Labute approximate surface area is 91.1 Å². The first-order chi connectivity index (χ1) is 6.95. The smallest absolute Gasteiger partial charge is 0.305 e. The van der Waals surface area contributed by atoms with Crippen molar-refractivity contribution >= 4 is 11.9 Å². The predicted octanol–water partition coefficient (Wildman–Crippen LogP) is 1.94. The maximum Gasteiger partial charge on any atom is 0.305 e. The molecule has 0 aliphatic carbocycles. The third-order valence-corrected chi connectivity index (χ3v) is 2.62. The van der Waals surface area contributed by atoms with Gasteiger partial charge in [-0.15, -0.1) is 0 Å². The number of carbonyl (C=O) groups is 2. The molecule has 0 bridgehead atoms. The van der Waals surface area contributed by atoms with E-state index in [1.807, 2.05) is 6.92 Å². The van der Waals surface area contributed by atoms with Crippen molar-refractivity contribution < 1.29 is 14.7 Å². The number of hydrogen-bond acceptors (Lipinski definition) is 2. The summed E-state index contributed by atoms with van der Waals surface area (Å²) in [6, 6.07) is 0. The predicted molar refractivity (Wildman–Crippen MR) is 58.6 cm³/mol. The Balaban J connectivity index is 4.58. The highest BCUT2D eigenvalue weighted by atomic mass is 16.4. The number of carboxylic acid groups (broad SMARTS) is 1. The van der Waals surface area contributed by atoms with E-state index in [1.165, 1.54) is 6.92 Å². The number of aliphatic carboxylic acids is 1. The van der Waals surface area contributed by atoms with Gasteiger partial charge in [-0.1, -0.05) is 26.7 Å². The summed E-state index contributed by atoms with van der Waals surface area (Å²) < 4.78 is 0. The van der Waals surface area contributed by atoms with Crippen LogP contribution in [0.4, 0.5) is 0 Å². The normalized spacial score (nSPS) is 14.3. The summed E-state index contributed by atoms with van der Waals surface area (Å²) in [6.45, 7) is 5.39. The Morgan fingerprint density at radius 1 is 1.33 bits per heavy atom. The molecule has 2 N–H and O–H groups in total. The van der Waals surface area contributed by atoms with Crippen LogP contribution in [0.2, 0.25) is 0 Å². The van der Waals surface area contributed by atoms with Crippen LogP contribution < -0.4 is 5.32 Å². The lowest BCUT2D eigenvalue weighted by molar-refractivity contribution is -0.139. The largest absolute Gasteiger partial charge is 0.481 e. The second kappa shape index (κ2) is 6.43. The molecule has 0 aromatic rings. The van der Waals surface area contributed by atoms with E-state index in [0.29, 0.717) is 6.42 Å². The summed E-state index contributed by atoms with van der Waals surface area (Å²) in [6.07, 6.45) is 3.32. The van der Waals surface area contributed by atoms with Gasteiger partial charge in [-0.25, -0.2) is 0 Å². The molecule has 0 aliphatic heterocycles. The molecule has 0 saturated heterocycles. The molecule has 0 rings (SSSR count). The molecule has 0 saturated carbocycles. The minimum atomic E-state index is -0.860. The van der Waals surface area contributed by atoms with Gasteiger partial charge in [-0.3, -0.25) is 9.59 Å². The van der Waals surface area contributed by atoms with Gasteiger partial charge in [0.25, 0.3) is 0 Å². The monoisotopic (exact) mass is 215 g/mol. The van der Waals surface area contributed by atoms with Crippen LogP contribution in [0.3, 0.4) is 0 Å². The van der Waals surface area contributed by atoms with Crippen LogP contribution >= 0.6 is 0 Å². The zero-order valence-corrected chi connectivity index (χ0v) is 9.80. The minimum absolute atomic E-state index is 0.00306. The van der Waals surface area contributed by atoms with Gasteiger partial charge in [0.2, 0.25) is 5.91 Å². The van der Waals surface area contributed by atoms with Crippen molar-refractivity contribution in [2.75, 3.05) is 0 Å². The molecule has 1 atom stereocenters. The molecule has 4 nitrogen and oxygen atoms in total. The summed E-state index contributed by atoms with van der Waals surface area (Å²) in [4.78, 5) is 21.8. The first-order valence-corrected chi connectivity index (χ1v) is 5.46. The van der Waals surface area contributed by atoms with E-state index in [1.54, 1.807) is 0 Å². The van der Waals surface area contributed by atoms with Gasteiger partial charge in [-0.05, 0) is 12.8 Å². The van der Waals surface area contributed by atoms with E-state index in [-0.39, 0.29) is 12.3 Å². The van der Waals surface area contributed by atoms with Crippen LogP contribution in [0.15, 0.2) is 0 Å². The van der Waals surface area contributed by atoms with E-state index in [9.17, 15) is 9.59 Å². The summed E-state index contributed by atoms with van der Waals surface area (Å²) in [5.74, 6) is -1.02. The number of hydrogen-bond donors (Lipinski definition) is 2. The molecule has 0 radical (unpaired) electrons. The third kappa shape index (κ3) is 5.40. The quantitative estimate of drug-likeness (QED) is 0.682. The fourth-order valence-electron chi connectivity index (χ4n) is 1.76. The highest BCUT2D eigenvalue weighted by Crippen LogP contribution is 2.22. The molecule has 0 spiro atoms. The molecule has 0 aromatic carbocycles. The van der Waals surface area contributed by atoms with Crippen LogP contribution in [-0.4, -0.2) is 22.5 Å². The molecule has 88 valence electrons. The van der Waals surface area contributed by atoms with E-state index in [2.05, 4.69) is 12.2 Å². The molecule has 15 heavy (non-hydrogen) atoms. The molecular formula is C11H21NO3. The molecule has 1 unspecified atom stereocenters. The first kappa shape index (κ1) is 13.9. The lowest BCUT2D eigenvalue weighted by atomic mass is 9.86. The van der Waals surface area contributed by atoms with Gasteiger partial charge >= 0.3 is 5.97 Å². The van der Waals surface area contributed by atoms with Crippen molar-refractivity contribution in [3.8, 4) is 0 Å². The van der Waals surface area contributed by atoms with Gasteiger partial charge in [-0.2, -0.15) is 0 Å². The topological polar surface area (TPSA) is 66.4 Å². The van der Waals surface area contributed by atoms with Crippen LogP contribution in [0, 0.1) is 0 Å². The average molecular weight is 215 g/mol. The highest BCUT2D eigenvalue weighted by molar-refractivity contribution is 5.76. The Morgan fingerprint density at radius 3 is 2.27 bits per heavy atom. The van der Waals surface area contributed by atoms with E-state index >= 15 is 0 Å². The zero-order valence-electron chi connectivity index (χ0n) is 9.80. The lowest BCUT2D eigenvalue weighted by Crippen LogP contribution is -2.48. The standard InChI is InChI=1S/C11H21NO3/c1-4-6-7-11(5-2,8-10(14)15)12-9(3)13/h4-8H2,1-3H3,(H,12,13)(H,14,15). The van der Waals surface area contributed by atoms with Gasteiger partial charge in [0.15, 0.2) is 0 Å². The number of amides is 1. The van der Waals surface area contributed by atoms with Gasteiger partial charge in [0.05, 0.1) is 12.0 Å². The van der Waals surface area contributed by atoms with E-state index < -0.39 is 11.5 Å². The summed E-state index contributed by atoms with van der Waals surface area (Å²) in [5.41, 5.74) is -0.562. The number of carboxylic acids is 1. The number of rotatable bonds is 7. The zero-order chi connectivity index (χ0) is 11.9. The summed E-state index contributed by atoms with van der Waals surface area (Å²) in [7, 11) is 0. The summed E-state index contributed by atoms with van der Waals surface area (Å²) >= 11 is 0. The van der Waals surface area contributed by atoms with Gasteiger partial charge in [0, 0.05) is 6.92 Å². The fraction of sp³-hybridized carbons (Fsp3) is 0.818.